The molecule has 0 aliphatic heterocycles. The first kappa shape index (κ1) is 29.4. The van der Waals surface area contributed by atoms with Crippen LogP contribution in [0.5, 0.6) is 0 Å². The van der Waals surface area contributed by atoms with Crippen molar-refractivity contribution in [3.8, 4) is 0 Å². The Kier molecular flexibility index (Phi) is 40.7. The molecule has 17 heavy (non-hydrogen) atoms. The van der Waals surface area contributed by atoms with Gasteiger partial charge in [-0.05, 0) is 0 Å². The van der Waals surface area contributed by atoms with Gasteiger partial charge in [-0.15, -0.1) is 0 Å². The average molecular weight is 486 g/mol. The second-order valence-corrected chi connectivity index (χ2v) is 0.894. The van der Waals surface area contributed by atoms with Crippen LogP contribution in [0.2, 0.25) is 0 Å². The Morgan fingerprint density at radius 3 is 0.412 bits per heavy atom. The maximum atomic E-state index is 8.25. The van der Waals surface area contributed by atoms with Gasteiger partial charge in [0.25, 0.3) is 0 Å². The molecule has 0 amide bonds. The summed E-state index contributed by atoms with van der Waals surface area (Å²) in [7, 11) is 0. The molecule has 0 bridgehead atoms. The van der Waals surface area contributed by atoms with Gasteiger partial charge < -0.3 is 61.3 Å². The first-order valence-corrected chi connectivity index (χ1v) is 2.19. The summed E-state index contributed by atoms with van der Waals surface area (Å²) in [6.07, 6.45) is 0. The zero-order valence-corrected chi connectivity index (χ0v) is 11.4. The molecule has 0 N–H and O–H groups in total. The predicted octanol–water partition coefficient (Wildman–Crippen LogP) is -0.956. The number of hydrogen-bond donors (Lipinski definition) is 0. The molecule has 0 heterocycles. The third-order valence-corrected chi connectivity index (χ3v) is 0. The van der Waals surface area contributed by atoms with Crippen molar-refractivity contribution < 1.29 is 51.5 Å². The Labute approximate surface area is 113 Å². The van der Waals surface area contributed by atoms with E-state index in [2.05, 4.69) is 0 Å². The smallest absolute Gasteiger partial charge is 0.0689 e. The third-order valence-electron chi connectivity index (χ3n) is 0. The molecule has 0 rings (SSSR count). The van der Waals surface area contributed by atoms with Crippen LogP contribution in [0.1, 0.15) is 0 Å². The number of rotatable bonds is 0. The molecule has 0 aliphatic carbocycles. The summed E-state index contributed by atoms with van der Waals surface area (Å²) in [5, 5.41) is 59.0. The molecule has 0 aromatic carbocycles. The van der Waals surface area contributed by atoms with Gasteiger partial charge >= 0.3 is 0 Å². The topological polar surface area (TPSA) is 265 Å². The van der Waals surface area contributed by atoms with E-state index < -0.39 is 20.3 Å². The molecule has 0 aliphatic rings. The van der Waals surface area contributed by atoms with Crippen LogP contribution in [-0.2, 0) is 0 Å². The summed E-state index contributed by atoms with van der Waals surface area (Å²) in [6, 6.07) is 0. The van der Waals surface area contributed by atoms with Crippen molar-refractivity contribution >= 4 is 0 Å². The van der Waals surface area contributed by atoms with Gasteiger partial charge in [0.15, 0.2) is 0 Å². The summed E-state index contributed by atoms with van der Waals surface area (Å²) >= 11 is 0. The Morgan fingerprint density at radius 2 is 0.412 bits per heavy atom. The molecule has 16 nitrogen and oxygen atoms in total. The minimum atomic E-state index is -1.75. The van der Waals surface area contributed by atoms with E-state index in [1.807, 2.05) is 0 Å². The van der Waals surface area contributed by atoms with Crippen molar-refractivity contribution in [2.24, 2.45) is 0 Å². The average Bonchev–Trinajstić information content (AvgIpc) is 1.76. The van der Waals surface area contributed by atoms with Crippen LogP contribution < -0.4 is 0 Å². The van der Waals surface area contributed by atoms with Crippen LogP contribution in [0.4, 0.5) is 0 Å². The minimum absolute atomic E-state index is 0. The molecular weight excluding hydrogens is 486 g/mol. The van der Waals surface area contributed by atoms with Crippen molar-refractivity contribution in [1.82, 2.24) is 0 Å². The second kappa shape index (κ2) is 23.6. The summed E-state index contributed by atoms with van der Waals surface area (Å²) in [5.74, 6) is 0. The molecule has 0 saturated heterocycles. The zero-order valence-electron chi connectivity index (χ0n) is 7.19. The predicted molar refractivity (Wildman–Crippen MR) is 41.4 cm³/mol. The molecular formula is N4O12U-4. The van der Waals surface area contributed by atoms with Gasteiger partial charge in [-0.2, -0.15) is 0 Å². The molecule has 0 aromatic heterocycles. The van der Waals surface area contributed by atoms with Crippen molar-refractivity contribution in [1.29, 1.82) is 0 Å². The van der Waals surface area contributed by atoms with Crippen molar-refractivity contribution in [3.05, 3.63) is 61.3 Å². The second-order valence-electron chi connectivity index (χ2n) is 0.894. The van der Waals surface area contributed by atoms with Crippen molar-refractivity contribution in [3.63, 3.8) is 0 Å². The zero-order chi connectivity index (χ0) is 14.3. The fourth-order valence-corrected chi connectivity index (χ4v) is 0. The van der Waals surface area contributed by atoms with Gasteiger partial charge in [-0.3, -0.25) is 0 Å². The van der Waals surface area contributed by atoms with Gasteiger partial charge in [0, 0.05) is 31.1 Å². The normalized spacial score (nSPS) is 5.65. The summed E-state index contributed by atoms with van der Waals surface area (Å²) < 4.78 is 0. The maximum absolute atomic E-state index is 8.25. The molecule has 0 spiro atoms. The Bertz CT molecular complexity index is 159. The number of nitrogens with zero attached hydrogens (tertiary/aromatic N) is 4. The van der Waals surface area contributed by atoms with E-state index in [1.54, 1.807) is 0 Å². The van der Waals surface area contributed by atoms with Crippen molar-refractivity contribution in [2.75, 3.05) is 0 Å². The molecule has 0 radical (unpaired) electrons. The Morgan fingerprint density at radius 1 is 0.412 bits per heavy atom. The van der Waals surface area contributed by atoms with E-state index in [-0.39, 0.29) is 31.1 Å². The molecule has 0 aromatic rings. The molecule has 0 fully saturated rings. The largest absolute Gasteiger partial charge is 0.356 e. The Hall–Kier alpha value is -2.15. The third kappa shape index (κ3) is 422. The van der Waals surface area contributed by atoms with Crippen LogP contribution in [0, 0.1) is 92.4 Å². The maximum Gasteiger partial charge on any atom is 0.0689 e. The summed E-state index contributed by atoms with van der Waals surface area (Å²) in [5.41, 5.74) is 0. The fourth-order valence-electron chi connectivity index (χ4n) is 0. The quantitative estimate of drug-likeness (QED) is 0.296. The summed E-state index contributed by atoms with van der Waals surface area (Å²) in [6.45, 7) is 0. The monoisotopic (exact) mass is 486 g/mol. The van der Waals surface area contributed by atoms with Crippen LogP contribution in [0.25, 0.3) is 0 Å². The van der Waals surface area contributed by atoms with E-state index >= 15 is 0 Å². The van der Waals surface area contributed by atoms with Crippen LogP contribution in [0.15, 0.2) is 0 Å². The van der Waals surface area contributed by atoms with Gasteiger partial charge in [-0.25, -0.2) is 0 Å². The van der Waals surface area contributed by atoms with Gasteiger partial charge in [-0.1, -0.05) is 0 Å². The SMILES string of the molecule is O=[N+]([O-])[O-].O=[N+]([O-])[O-].O=[N+]([O-])[O-].O=[N+]([O-])[O-].[U]. The van der Waals surface area contributed by atoms with E-state index in [4.69, 9.17) is 61.3 Å². The molecule has 0 saturated carbocycles. The van der Waals surface area contributed by atoms with E-state index in [1.165, 1.54) is 0 Å². The van der Waals surface area contributed by atoms with Crippen LogP contribution in [-0.4, -0.2) is 20.3 Å². The molecule has 17 heteroatoms. The first-order valence-electron chi connectivity index (χ1n) is 2.19. The van der Waals surface area contributed by atoms with Gasteiger partial charge in [0.1, 0.15) is 0 Å². The minimum Gasteiger partial charge on any atom is -0.356 e. The molecule has 0 atom stereocenters. The van der Waals surface area contributed by atoms with Crippen molar-refractivity contribution in [2.45, 2.75) is 0 Å². The van der Waals surface area contributed by atoms with E-state index in [9.17, 15) is 0 Å². The van der Waals surface area contributed by atoms with Gasteiger partial charge in [0.2, 0.25) is 0 Å². The fraction of sp³-hybridized carbons (Fsp3) is 0. The number of hydrogen-bond acceptors (Lipinski definition) is 12. The summed E-state index contributed by atoms with van der Waals surface area (Å²) in [4.78, 5) is 33.0. The van der Waals surface area contributed by atoms with E-state index in [0.717, 1.165) is 0 Å². The molecule has 0 unspecified atom stereocenters. The van der Waals surface area contributed by atoms with Crippen LogP contribution in [0.3, 0.4) is 0 Å². The standard InChI is InChI=1S/4NO3.U/c4*2-1(3)4;/q4*-1;. The van der Waals surface area contributed by atoms with E-state index in [0.29, 0.717) is 0 Å². The van der Waals surface area contributed by atoms with Gasteiger partial charge in [0.05, 0.1) is 20.3 Å². The molecule has 100 valence electrons. The first-order chi connectivity index (χ1) is 6.93. The Balaban J connectivity index is -0.0000000369. The van der Waals surface area contributed by atoms with Crippen LogP contribution >= 0.6 is 0 Å².